The normalized spacial score (nSPS) is 10.2. The van der Waals surface area contributed by atoms with Gasteiger partial charge in [-0.15, -0.1) is 11.3 Å². The minimum atomic E-state index is -0.553. The SMILES string of the molecule is CCOc1ccc(NC(=O)c2ccc(Br)s2)c([N+](=O)[O-])c1. The Bertz CT molecular complexity index is 687. The van der Waals surface area contributed by atoms with Crippen LogP contribution in [0, 0.1) is 10.1 Å². The Hall–Kier alpha value is -1.93. The summed E-state index contributed by atoms with van der Waals surface area (Å²) in [6.07, 6.45) is 0. The lowest BCUT2D eigenvalue weighted by atomic mass is 10.2. The van der Waals surface area contributed by atoms with E-state index in [1.54, 1.807) is 25.1 Å². The van der Waals surface area contributed by atoms with Crippen LogP contribution >= 0.6 is 27.3 Å². The maximum atomic E-state index is 12.0. The molecule has 0 saturated heterocycles. The van der Waals surface area contributed by atoms with Crippen molar-refractivity contribution in [1.82, 2.24) is 0 Å². The number of nitrogens with zero attached hydrogens (tertiary/aromatic N) is 1. The first-order chi connectivity index (χ1) is 10.0. The Morgan fingerprint density at radius 1 is 1.43 bits per heavy atom. The van der Waals surface area contributed by atoms with Gasteiger partial charge in [0.05, 0.1) is 26.3 Å². The molecule has 0 aliphatic rings. The summed E-state index contributed by atoms with van der Waals surface area (Å²) in [4.78, 5) is 23.0. The van der Waals surface area contributed by atoms with Crippen LogP contribution in [0.5, 0.6) is 5.75 Å². The second-order valence-electron chi connectivity index (χ2n) is 3.93. The molecule has 1 heterocycles. The van der Waals surface area contributed by atoms with Gasteiger partial charge in [-0.25, -0.2) is 0 Å². The monoisotopic (exact) mass is 370 g/mol. The zero-order chi connectivity index (χ0) is 15.4. The molecule has 2 aromatic rings. The minimum absolute atomic E-state index is 0.137. The van der Waals surface area contributed by atoms with Crippen molar-refractivity contribution in [3.8, 4) is 5.75 Å². The van der Waals surface area contributed by atoms with Crippen LogP contribution < -0.4 is 10.1 Å². The number of benzene rings is 1. The van der Waals surface area contributed by atoms with Crippen LogP contribution in [0.4, 0.5) is 11.4 Å². The molecule has 1 aromatic carbocycles. The molecule has 0 saturated carbocycles. The molecule has 0 unspecified atom stereocenters. The molecule has 0 bridgehead atoms. The number of nitrogens with one attached hydrogen (secondary N) is 1. The molecule has 0 spiro atoms. The third kappa shape index (κ3) is 3.79. The lowest BCUT2D eigenvalue weighted by Gasteiger charge is -2.07. The summed E-state index contributed by atoms with van der Waals surface area (Å²) in [5, 5.41) is 13.6. The van der Waals surface area contributed by atoms with Crippen molar-refractivity contribution in [2.24, 2.45) is 0 Å². The number of carbonyl (C=O) groups excluding carboxylic acids is 1. The number of anilines is 1. The summed E-state index contributed by atoms with van der Waals surface area (Å²) in [7, 11) is 0. The van der Waals surface area contributed by atoms with Gasteiger partial charge in [-0.3, -0.25) is 14.9 Å². The predicted molar refractivity (Wildman–Crippen MR) is 84.2 cm³/mol. The molecule has 0 fully saturated rings. The zero-order valence-electron chi connectivity index (χ0n) is 11.0. The van der Waals surface area contributed by atoms with E-state index >= 15 is 0 Å². The number of amides is 1. The molecule has 8 heteroatoms. The molecule has 6 nitrogen and oxygen atoms in total. The third-order valence-corrected chi connectivity index (χ3v) is 4.14. The van der Waals surface area contributed by atoms with E-state index in [1.807, 2.05) is 0 Å². The van der Waals surface area contributed by atoms with E-state index in [-0.39, 0.29) is 11.4 Å². The van der Waals surface area contributed by atoms with Crippen LogP contribution in [0.25, 0.3) is 0 Å². The molecule has 0 radical (unpaired) electrons. The number of rotatable bonds is 5. The van der Waals surface area contributed by atoms with E-state index < -0.39 is 10.8 Å². The van der Waals surface area contributed by atoms with Gasteiger partial charge in [-0.2, -0.15) is 0 Å². The fourth-order valence-electron chi connectivity index (χ4n) is 1.64. The van der Waals surface area contributed by atoms with Gasteiger partial charge in [0.25, 0.3) is 11.6 Å². The third-order valence-electron chi connectivity index (χ3n) is 2.52. The van der Waals surface area contributed by atoms with Crippen LogP contribution in [-0.2, 0) is 0 Å². The van der Waals surface area contributed by atoms with Gasteiger partial charge in [-0.05, 0) is 47.1 Å². The highest BCUT2D eigenvalue weighted by molar-refractivity contribution is 9.11. The second-order valence-corrected chi connectivity index (χ2v) is 6.39. The van der Waals surface area contributed by atoms with Crippen molar-refractivity contribution >= 4 is 44.5 Å². The van der Waals surface area contributed by atoms with Gasteiger partial charge in [0, 0.05) is 0 Å². The first-order valence-corrected chi connectivity index (χ1v) is 7.60. The molecule has 110 valence electrons. The van der Waals surface area contributed by atoms with Crippen LogP contribution in [0.2, 0.25) is 0 Å². The molecule has 2 rings (SSSR count). The molecule has 1 amide bonds. The van der Waals surface area contributed by atoms with Gasteiger partial charge in [0.1, 0.15) is 11.4 Å². The van der Waals surface area contributed by atoms with Crippen LogP contribution in [0.1, 0.15) is 16.6 Å². The summed E-state index contributed by atoms with van der Waals surface area (Å²) in [6, 6.07) is 7.72. The van der Waals surface area contributed by atoms with Crippen LogP contribution in [0.3, 0.4) is 0 Å². The topological polar surface area (TPSA) is 81.5 Å². The number of nitro groups is 1. The number of halogens is 1. The van der Waals surface area contributed by atoms with E-state index in [9.17, 15) is 14.9 Å². The predicted octanol–water partition coefficient (Wildman–Crippen LogP) is 4.07. The van der Waals surface area contributed by atoms with Crippen LogP contribution in [0.15, 0.2) is 34.1 Å². The molecule has 0 aliphatic heterocycles. The number of hydrogen-bond acceptors (Lipinski definition) is 5. The van der Waals surface area contributed by atoms with Gasteiger partial charge >= 0.3 is 0 Å². The maximum absolute atomic E-state index is 12.0. The molecule has 21 heavy (non-hydrogen) atoms. The maximum Gasteiger partial charge on any atom is 0.296 e. The summed E-state index contributed by atoms with van der Waals surface area (Å²) >= 11 is 4.51. The Morgan fingerprint density at radius 2 is 2.19 bits per heavy atom. The van der Waals surface area contributed by atoms with Crippen molar-refractivity contribution in [2.75, 3.05) is 11.9 Å². The van der Waals surface area contributed by atoms with E-state index in [4.69, 9.17) is 4.74 Å². The molecule has 1 aromatic heterocycles. The highest BCUT2D eigenvalue weighted by Gasteiger charge is 2.18. The van der Waals surface area contributed by atoms with Crippen molar-refractivity contribution in [2.45, 2.75) is 6.92 Å². The lowest BCUT2D eigenvalue weighted by Crippen LogP contribution is -2.11. The number of hydrogen-bond donors (Lipinski definition) is 1. The number of carbonyl (C=O) groups is 1. The number of nitro benzene ring substituents is 1. The highest BCUT2D eigenvalue weighted by Crippen LogP contribution is 2.30. The summed E-state index contributed by atoms with van der Waals surface area (Å²) < 4.78 is 6.04. The average molecular weight is 371 g/mol. The highest BCUT2D eigenvalue weighted by atomic mass is 79.9. The number of ether oxygens (including phenoxy) is 1. The molecule has 1 N–H and O–H groups in total. The van der Waals surface area contributed by atoms with Gasteiger partial charge in [0.2, 0.25) is 0 Å². The van der Waals surface area contributed by atoms with Crippen molar-refractivity contribution < 1.29 is 14.5 Å². The van der Waals surface area contributed by atoms with E-state index in [0.717, 1.165) is 3.79 Å². The van der Waals surface area contributed by atoms with Gasteiger partial charge < -0.3 is 10.1 Å². The Labute approximate surface area is 133 Å². The zero-order valence-corrected chi connectivity index (χ0v) is 13.4. The standard InChI is InChI=1S/C13H11BrN2O4S/c1-2-20-8-3-4-9(10(7-8)16(18)19)15-13(17)11-5-6-12(14)21-11/h3-7H,2H2,1H3,(H,15,17). The molecular formula is C13H11BrN2O4S. The quantitative estimate of drug-likeness (QED) is 0.635. The first-order valence-electron chi connectivity index (χ1n) is 5.99. The summed E-state index contributed by atoms with van der Waals surface area (Å²) in [6.45, 7) is 2.20. The summed E-state index contributed by atoms with van der Waals surface area (Å²) in [5.41, 5.74) is -0.0668. The smallest absolute Gasteiger partial charge is 0.296 e. The molecular weight excluding hydrogens is 360 g/mol. The summed E-state index contributed by atoms with van der Waals surface area (Å²) in [5.74, 6) is -0.000901. The van der Waals surface area contributed by atoms with Gasteiger partial charge in [0.15, 0.2) is 0 Å². The molecule has 0 atom stereocenters. The Balaban J connectivity index is 2.26. The Kier molecular flexibility index (Phi) is 4.92. The fourth-order valence-corrected chi connectivity index (χ4v) is 2.93. The van der Waals surface area contributed by atoms with Crippen molar-refractivity contribution in [1.29, 1.82) is 0 Å². The largest absolute Gasteiger partial charge is 0.494 e. The Morgan fingerprint density at radius 3 is 2.76 bits per heavy atom. The fraction of sp³-hybridized carbons (Fsp3) is 0.154. The van der Waals surface area contributed by atoms with Crippen molar-refractivity contribution in [3.05, 3.63) is 49.1 Å². The van der Waals surface area contributed by atoms with Gasteiger partial charge in [-0.1, -0.05) is 0 Å². The van der Waals surface area contributed by atoms with Crippen molar-refractivity contribution in [3.63, 3.8) is 0 Å². The average Bonchev–Trinajstić information content (AvgIpc) is 2.87. The lowest BCUT2D eigenvalue weighted by molar-refractivity contribution is -0.384. The van der Waals surface area contributed by atoms with E-state index in [0.29, 0.717) is 17.2 Å². The van der Waals surface area contributed by atoms with E-state index in [2.05, 4.69) is 21.2 Å². The van der Waals surface area contributed by atoms with Crippen LogP contribution in [-0.4, -0.2) is 17.4 Å². The molecule has 0 aliphatic carbocycles. The second kappa shape index (κ2) is 6.68. The first kappa shape index (κ1) is 15.5. The van der Waals surface area contributed by atoms with E-state index in [1.165, 1.54) is 23.5 Å². The number of thiophene rings is 1. The minimum Gasteiger partial charge on any atom is -0.494 e.